The van der Waals surface area contributed by atoms with E-state index in [1.54, 1.807) is 12.4 Å². The summed E-state index contributed by atoms with van der Waals surface area (Å²) in [4.78, 5) is 19.9. The molecule has 0 atom stereocenters. The highest BCUT2D eigenvalue weighted by Crippen LogP contribution is 2.16. The number of unbranched alkanes of at least 4 members (excludes halogenated alkanes) is 3. The molecule has 0 amide bonds. The first-order chi connectivity index (χ1) is 11.8. The molecule has 0 fully saturated rings. The number of esters is 1. The van der Waals surface area contributed by atoms with E-state index in [1.165, 1.54) is 0 Å². The fraction of sp³-hybridized carbons (Fsp3) is 0.368. The van der Waals surface area contributed by atoms with Gasteiger partial charge in [-0.05, 0) is 42.9 Å². The van der Waals surface area contributed by atoms with Crippen LogP contribution in [0.1, 0.15) is 39.0 Å². The Morgan fingerprint density at radius 2 is 2.08 bits per heavy atom. The van der Waals surface area contributed by atoms with Gasteiger partial charge in [-0.3, -0.25) is 9.78 Å². The third kappa shape index (κ3) is 5.91. The molecule has 5 nitrogen and oxygen atoms in total. The van der Waals surface area contributed by atoms with Gasteiger partial charge < -0.3 is 4.74 Å². The normalized spacial score (nSPS) is 11.3. The minimum absolute atomic E-state index is 0.105. The Kier molecular flexibility index (Phi) is 7.60. The smallest absolute Gasteiger partial charge is 0.327 e. The number of carbonyl (C=O) groups is 1. The molecule has 0 bridgehead atoms. The van der Waals surface area contributed by atoms with Gasteiger partial charge in [-0.2, -0.15) is 4.58 Å². The van der Waals surface area contributed by atoms with Gasteiger partial charge in [0.05, 0.1) is 19.0 Å². The van der Waals surface area contributed by atoms with E-state index in [-0.39, 0.29) is 5.97 Å². The Balaban J connectivity index is 1.91. The number of pyridine rings is 2. The van der Waals surface area contributed by atoms with Crippen molar-refractivity contribution < 1.29 is 9.53 Å². The van der Waals surface area contributed by atoms with Gasteiger partial charge in [-0.25, -0.2) is 0 Å². The number of carbonyl (C=O) groups excluding carboxylic acids is 1. The lowest BCUT2D eigenvalue weighted by molar-refractivity contribution is -0.143. The molecule has 0 aromatic carbocycles. The van der Waals surface area contributed by atoms with Crippen molar-refractivity contribution in [2.75, 3.05) is 6.61 Å². The quantitative estimate of drug-likeness (QED) is 0.303. The summed E-state index contributed by atoms with van der Waals surface area (Å²) in [6.45, 7) is 2.29. The lowest BCUT2D eigenvalue weighted by Gasteiger charge is -2.04. The van der Waals surface area contributed by atoms with Crippen LogP contribution in [0.15, 0.2) is 48.9 Å². The van der Waals surface area contributed by atoms with Crippen LogP contribution in [0, 0.1) is 0 Å². The third-order valence-electron chi connectivity index (χ3n) is 3.52. The minimum Gasteiger partial charge on any atom is -0.466 e. The zero-order valence-corrected chi connectivity index (χ0v) is 14.1. The summed E-state index contributed by atoms with van der Waals surface area (Å²) < 4.78 is 6.99. The number of rotatable bonds is 9. The molecule has 0 saturated heterocycles. The van der Waals surface area contributed by atoms with Crippen LogP contribution < -0.4 is 4.58 Å². The molecule has 5 heteroatoms. The average Bonchev–Trinajstić information content (AvgIpc) is 2.63. The van der Waals surface area contributed by atoms with E-state index in [2.05, 4.69) is 20.8 Å². The first kappa shape index (κ1) is 17.8. The van der Waals surface area contributed by atoms with E-state index >= 15 is 0 Å². The Labute approximate surface area is 143 Å². The van der Waals surface area contributed by atoms with Gasteiger partial charge in [-0.15, -0.1) is 0 Å². The number of nitrogens with zero attached hydrogens (tertiary/aromatic N) is 3. The van der Waals surface area contributed by atoms with E-state index < -0.39 is 0 Å². The van der Waals surface area contributed by atoms with Gasteiger partial charge in [0.15, 0.2) is 5.69 Å². The maximum Gasteiger partial charge on any atom is 0.327 e. The molecule has 2 aromatic heterocycles. The number of hydrogen-bond donors (Lipinski definition) is 0. The maximum atomic E-state index is 11.3. The summed E-state index contributed by atoms with van der Waals surface area (Å²) in [7, 11) is 0. The average molecular weight is 326 g/mol. The highest BCUT2D eigenvalue weighted by molar-refractivity contribution is 5.70. The molecule has 24 heavy (non-hydrogen) atoms. The summed E-state index contributed by atoms with van der Waals surface area (Å²) in [6, 6.07) is 9.78. The van der Waals surface area contributed by atoms with Crippen molar-refractivity contribution in [3.8, 4) is 0 Å². The molecular weight excluding hydrogens is 302 g/mol. The van der Waals surface area contributed by atoms with Gasteiger partial charge in [-0.1, -0.05) is 12.5 Å². The second-order valence-corrected chi connectivity index (χ2v) is 5.36. The monoisotopic (exact) mass is 326 g/mol. The van der Waals surface area contributed by atoms with Crippen molar-refractivity contribution in [1.29, 1.82) is 0 Å². The summed E-state index contributed by atoms with van der Waals surface area (Å²) in [5.41, 5.74) is 0.989. The van der Waals surface area contributed by atoms with Crippen LogP contribution in [0.5, 0.6) is 0 Å². The predicted molar refractivity (Wildman–Crippen MR) is 95.7 cm³/mol. The van der Waals surface area contributed by atoms with Crippen LogP contribution in [0.4, 0.5) is 11.5 Å². The molecule has 2 heterocycles. The molecule has 0 saturated carbocycles. The third-order valence-corrected chi connectivity index (χ3v) is 3.52. The van der Waals surface area contributed by atoms with E-state index in [0.717, 1.165) is 37.2 Å². The Hall–Kier alpha value is -2.56. The highest BCUT2D eigenvalue weighted by atomic mass is 16.5. The number of hydrogen-bond acceptors (Lipinski definition) is 4. The lowest BCUT2D eigenvalue weighted by Crippen LogP contribution is -2.07. The molecule has 0 aliphatic carbocycles. The van der Waals surface area contributed by atoms with Crippen molar-refractivity contribution in [3.63, 3.8) is 0 Å². The minimum atomic E-state index is -0.105. The highest BCUT2D eigenvalue weighted by Gasteiger charge is 2.11. The van der Waals surface area contributed by atoms with Gasteiger partial charge in [0.25, 0.3) is 0 Å². The van der Waals surface area contributed by atoms with Crippen LogP contribution in [-0.4, -0.2) is 28.8 Å². The SMILES string of the molecule is CCOC(=O)CCCCCC=[N+](c1cccnc1)c1ccccn1. The molecule has 0 unspecified atom stereocenters. The number of aromatic nitrogens is 2. The van der Waals surface area contributed by atoms with Crippen LogP contribution in [0.25, 0.3) is 0 Å². The van der Waals surface area contributed by atoms with E-state index in [0.29, 0.717) is 13.0 Å². The van der Waals surface area contributed by atoms with Gasteiger partial charge in [0.2, 0.25) is 0 Å². The molecule has 0 aliphatic heterocycles. The fourth-order valence-corrected chi connectivity index (χ4v) is 2.37. The summed E-state index contributed by atoms with van der Waals surface area (Å²) >= 11 is 0. The summed E-state index contributed by atoms with van der Waals surface area (Å²) in [5, 5.41) is 0. The van der Waals surface area contributed by atoms with Crippen LogP contribution in [0.3, 0.4) is 0 Å². The second-order valence-electron chi connectivity index (χ2n) is 5.36. The van der Waals surface area contributed by atoms with E-state index in [4.69, 9.17) is 4.74 Å². The standard InChI is InChI=1S/C19H24N3O2/c1-2-24-19(23)12-5-3-4-8-15-22(17-10-9-13-20-16-17)18-11-6-7-14-21-18/h6-7,9-11,13-16H,2-5,8,12H2,1H3/q+1. The van der Waals surface area contributed by atoms with E-state index in [1.807, 2.05) is 43.5 Å². The van der Waals surface area contributed by atoms with Crippen molar-refractivity contribution in [1.82, 2.24) is 14.5 Å². The molecule has 126 valence electrons. The molecule has 2 rings (SSSR count). The topological polar surface area (TPSA) is 55.1 Å². The van der Waals surface area contributed by atoms with Crippen molar-refractivity contribution in [2.45, 2.75) is 39.0 Å². The molecule has 0 N–H and O–H groups in total. The molecular formula is C19H24N3O2+. The van der Waals surface area contributed by atoms with Gasteiger partial charge in [0, 0.05) is 25.1 Å². The first-order valence-electron chi connectivity index (χ1n) is 8.40. The summed E-state index contributed by atoms with van der Waals surface area (Å²) in [6.07, 6.45) is 11.8. The van der Waals surface area contributed by atoms with Gasteiger partial charge in [0.1, 0.15) is 6.20 Å². The van der Waals surface area contributed by atoms with Crippen LogP contribution in [-0.2, 0) is 9.53 Å². The van der Waals surface area contributed by atoms with Gasteiger partial charge >= 0.3 is 11.8 Å². The van der Waals surface area contributed by atoms with Crippen molar-refractivity contribution >= 4 is 23.7 Å². The largest absolute Gasteiger partial charge is 0.466 e. The Bertz CT molecular complexity index is 601. The maximum absolute atomic E-state index is 11.3. The zero-order chi connectivity index (χ0) is 17.0. The Morgan fingerprint density at radius 1 is 1.17 bits per heavy atom. The van der Waals surface area contributed by atoms with Crippen molar-refractivity contribution in [2.24, 2.45) is 0 Å². The Morgan fingerprint density at radius 3 is 2.79 bits per heavy atom. The molecule has 0 spiro atoms. The zero-order valence-electron chi connectivity index (χ0n) is 14.1. The lowest BCUT2D eigenvalue weighted by atomic mass is 10.1. The fourth-order valence-electron chi connectivity index (χ4n) is 2.37. The summed E-state index contributed by atoms with van der Waals surface area (Å²) in [5.74, 6) is 0.768. The van der Waals surface area contributed by atoms with E-state index in [9.17, 15) is 4.79 Å². The first-order valence-corrected chi connectivity index (χ1v) is 8.40. The van der Waals surface area contributed by atoms with Crippen LogP contribution >= 0.6 is 0 Å². The molecule has 2 aromatic rings. The predicted octanol–water partition coefficient (Wildman–Crippen LogP) is 3.90. The van der Waals surface area contributed by atoms with Crippen molar-refractivity contribution in [3.05, 3.63) is 48.9 Å². The van der Waals surface area contributed by atoms with Crippen LogP contribution in [0.2, 0.25) is 0 Å². The second kappa shape index (κ2) is 10.3. The molecule has 0 radical (unpaired) electrons. The molecule has 0 aliphatic rings. The number of ether oxygens (including phenoxy) is 1.